The molecule has 0 atom stereocenters. The molecule has 0 unspecified atom stereocenters. The smallest absolute Gasteiger partial charge is 0.185 e. The van der Waals surface area contributed by atoms with Gasteiger partial charge in [-0.1, -0.05) is 18.3 Å². The predicted molar refractivity (Wildman–Crippen MR) is 73.7 cm³/mol. The number of hydrogen-bond donors (Lipinski definition) is 0. The van der Waals surface area contributed by atoms with Gasteiger partial charge < -0.3 is 9.64 Å². The Kier molecular flexibility index (Phi) is 4.72. The summed E-state index contributed by atoms with van der Waals surface area (Å²) in [4.78, 5) is 18.4. The number of carbonyl (C=O) groups is 1. The highest BCUT2D eigenvalue weighted by atomic mass is 32.1. The Morgan fingerprint density at radius 3 is 2.78 bits per heavy atom. The van der Waals surface area contributed by atoms with Crippen molar-refractivity contribution < 1.29 is 9.53 Å². The third-order valence-electron chi connectivity index (χ3n) is 3.36. The molecule has 1 aliphatic rings. The van der Waals surface area contributed by atoms with Gasteiger partial charge in [-0.2, -0.15) is 0 Å². The van der Waals surface area contributed by atoms with Crippen LogP contribution in [-0.4, -0.2) is 38.1 Å². The molecule has 0 radical (unpaired) electrons. The minimum atomic E-state index is 0.678. The van der Waals surface area contributed by atoms with Gasteiger partial charge >= 0.3 is 0 Å². The van der Waals surface area contributed by atoms with Gasteiger partial charge in [0, 0.05) is 26.8 Å². The summed E-state index contributed by atoms with van der Waals surface area (Å²) in [5, 5.41) is 0.959. The molecule has 2 rings (SSSR count). The molecule has 0 aromatic carbocycles. The van der Waals surface area contributed by atoms with Crippen LogP contribution >= 0.6 is 11.3 Å². The molecule has 1 aliphatic heterocycles. The minimum Gasteiger partial charge on any atom is -0.381 e. The first-order valence-electron chi connectivity index (χ1n) is 6.48. The monoisotopic (exact) mass is 268 g/mol. The lowest BCUT2D eigenvalue weighted by Crippen LogP contribution is -2.29. The van der Waals surface area contributed by atoms with Crippen LogP contribution in [0.3, 0.4) is 0 Å². The van der Waals surface area contributed by atoms with E-state index in [0.29, 0.717) is 5.92 Å². The van der Waals surface area contributed by atoms with E-state index in [1.807, 2.05) is 6.92 Å². The number of aldehydes is 1. The molecule has 2 heterocycles. The Labute approximate surface area is 112 Å². The highest BCUT2D eigenvalue weighted by Crippen LogP contribution is 2.26. The summed E-state index contributed by atoms with van der Waals surface area (Å²) < 4.78 is 5.37. The number of ether oxygens (including phenoxy) is 1. The molecule has 0 bridgehead atoms. The highest BCUT2D eigenvalue weighted by Gasteiger charge is 2.18. The van der Waals surface area contributed by atoms with Crippen molar-refractivity contribution in [2.75, 3.05) is 31.7 Å². The second-order valence-corrected chi connectivity index (χ2v) is 5.72. The van der Waals surface area contributed by atoms with Crippen molar-refractivity contribution in [2.24, 2.45) is 5.92 Å². The van der Waals surface area contributed by atoms with Crippen LogP contribution < -0.4 is 4.90 Å². The van der Waals surface area contributed by atoms with Crippen LogP contribution in [0.4, 0.5) is 5.13 Å². The average molecular weight is 268 g/mol. The van der Waals surface area contributed by atoms with Gasteiger partial charge in [-0.05, 0) is 25.2 Å². The van der Waals surface area contributed by atoms with Crippen LogP contribution in [0.15, 0.2) is 0 Å². The Balaban J connectivity index is 2.01. The van der Waals surface area contributed by atoms with Crippen molar-refractivity contribution in [2.45, 2.75) is 26.2 Å². The van der Waals surface area contributed by atoms with Crippen molar-refractivity contribution in [3.05, 3.63) is 10.6 Å². The van der Waals surface area contributed by atoms with Gasteiger partial charge in [0.15, 0.2) is 11.4 Å². The first kappa shape index (κ1) is 13.5. The third-order valence-corrected chi connectivity index (χ3v) is 4.49. The van der Waals surface area contributed by atoms with Gasteiger partial charge in [-0.15, -0.1) is 0 Å². The molecule has 0 amide bonds. The molecule has 0 spiro atoms. The Bertz CT molecular complexity index is 400. The number of nitrogens with zero attached hydrogens (tertiary/aromatic N) is 2. The number of hydrogen-bond acceptors (Lipinski definition) is 5. The molecule has 0 aliphatic carbocycles. The fourth-order valence-corrected chi connectivity index (χ4v) is 3.19. The van der Waals surface area contributed by atoms with Crippen molar-refractivity contribution in [3.8, 4) is 0 Å². The van der Waals surface area contributed by atoms with Crippen molar-refractivity contribution >= 4 is 22.8 Å². The topological polar surface area (TPSA) is 42.4 Å². The summed E-state index contributed by atoms with van der Waals surface area (Å²) >= 11 is 1.50. The normalized spacial score (nSPS) is 16.8. The van der Waals surface area contributed by atoms with Gasteiger partial charge in [-0.25, -0.2) is 4.98 Å². The lowest BCUT2D eigenvalue weighted by molar-refractivity contribution is 0.0685. The van der Waals surface area contributed by atoms with E-state index in [1.54, 1.807) is 0 Å². The molecule has 18 heavy (non-hydrogen) atoms. The number of aromatic nitrogens is 1. The van der Waals surface area contributed by atoms with Crippen LogP contribution in [0.1, 0.15) is 35.1 Å². The molecule has 1 fully saturated rings. The summed E-state index contributed by atoms with van der Waals surface area (Å²) in [5.41, 5.74) is 0.920. The SMILES string of the molecule is CCc1nc(N(C)CC2CCOCC2)sc1C=O. The fourth-order valence-electron chi connectivity index (χ4n) is 2.25. The molecule has 1 aromatic rings. The molecule has 4 nitrogen and oxygen atoms in total. The lowest BCUT2D eigenvalue weighted by Gasteiger charge is -2.26. The van der Waals surface area contributed by atoms with Crippen molar-refractivity contribution in [1.29, 1.82) is 0 Å². The second-order valence-electron chi connectivity index (χ2n) is 4.72. The quantitative estimate of drug-likeness (QED) is 0.769. The molecule has 1 aromatic heterocycles. The van der Waals surface area contributed by atoms with Gasteiger partial charge in [-0.3, -0.25) is 4.79 Å². The summed E-state index contributed by atoms with van der Waals surface area (Å²) in [6.45, 7) is 4.77. The van der Waals surface area contributed by atoms with Crippen LogP contribution in [0.2, 0.25) is 0 Å². The van der Waals surface area contributed by atoms with Crippen LogP contribution in [0.25, 0.3) is 0 Å². The van der Waals surface area contributed by atoms with E-state index in [1.165, 1.54) is 11.3 Å². The standard InChI is InChI=1S/C13H20N2O2S/c1-3-11-12(9-16)18-13(14-11)15(2)8-10-4-6-17-7-5-10/h9-10H,3-8H2,1-2H3. The first-order valence-corrected chi connectivity index (χ1v) is 7.30. The first-order chi connectivity index (χ1) is 8.74. The Morgan fingerprint density at radius 2 is 2.22 bits per heavy atom. The molecular weight excluding hydrogens is 248 g/mol. The average Bonchev–Trinajstić information content (AvgIpc) is 2.83. The molecule has 5 heteroatoms. The van der Waals surface area contributed by atoms with Gasteiger partial charge in [0.2, 0.25) is 0 Å². The maximum absolute atomic E-state index is 10.9. The second kappa shape index (κ2) is 6.29. The molecule has 1 saturated heterocycles. The maximum Gasteiger partial charge on any atom is 0.185 e. The van der Waals surface area contributed by atoms with Crippen LogP contribution in [-0.2, 0) is 11.2 Å². The summed E-state index contributed by atoms with van der Waals surface area (Å²) in [6, 6.07) is 0. The number of anilines is 1. The largest absolute Gasteiger partial charge is 0.381 e. The van der Waals surface area contributed by atoms with Gasteiger partial charge in [0.05, 0.1) is 10.6 Å². The predicted octanol–water partition coefficient (Wildman–Crippen LogP) is 2.38. The number of aryl methyl sites for hydroxylation is 1. The fraction of sp³-hybridized carbons (Fsp3) is 0.692. The molecule has 100 valence electrons. The van der Waals surface area contributed by atoms with E-state index in [4.69, 9.17) is 4.74 Å². The molecule has 0 N–H and O–H groups in total. The molecular formula is C13H20N2O2S. The summed E-state index contributed by atoms with van der Waals surface area (Å²) in [7, 11) is 2.06. The maximum atomic E-state index is 10.9. The molecule has 0 saturated carbocycles. The number of carbonyl (C=O) groups excluding carboxylic acids is 1. The van der Waals surface area contributed by atoms with E-state index < -0.39 is 0 Å². The van der Waals surface area contributed by atoms with Crippen molar-refractivity contribution in [3.63, 3.8) is 0 Å². The van der Waals surface area contributed by atoms with E-state index in [-0.39, 0.29) is 0 Å². The summed E-state index contributed by atoms with van der Waals surface area (Å²) in [6.07, 6.45) is 3.98. The van der Waals surface area contributed by atoms with E-state index in [2.05, 4.69) is 16.9 Å². The zero-order valence-corrected chi connectivity index (χ0v) is 11.8. The minimum absolute atomic E-state index is 0.678. The van der Waals surface area contributed by atoms with E-state index in [0.717, 1.165) is 61.0 Å². The summed E-state index contributed by atoms with van der Waals surface area (Å²) in [5.74, 6) is 0.678. The lowest BCUT2D eigenvalue weighted by atomic mass is 10.0. The number of thiazole rings is 1. The zero-order valence-electron chi connectivity index (χ0n) is 11.0. The van der Waals surface area contributed by atoms with E-state index in [9.17, 15) is 4.79 Å². The van der Waals surface area contributed by atoms with Crippen LogP contribution in [0.5, 0.6) is 0 Å². The van der Waals surface area contributed by atoms with Crippen molar-refractivity contribution in [1.82, 2.24) is 4.98 Å². The Morgan fingerprint density at radius 1 is 1.50 bits per heavy atom. The van der Waals surface area contributed by atoms with Gasteiger partial charge in [0.25, 0.3) is 0 Å². The zero-order chi connectivity index (χ0) is 13.0. The number of rotatable bonds is 5. The van der Waals surface area contributed by atoms with E-state index >= 15 is 0 Å². The third kappa shape index (κ3) is 3.09. The highest BCUT2D eigenvalue weighted by molar-refractivity contribution is 7.17. The van der Waals surface area contributed by atoms with Crippen LogP contribution in [0, 0.1) is 5.92 Å². The van der Waals surface area contributed by atoms with Gasteiger partial charge in [0.1, 0.15) is 0 Å². The Hall–Kier alpha value is -0.940.